The van der Waals surface area contributed by atoms with Crippen LogP contribution in [0.5, 0.6) is 0 Å². The number of nitrogens with zero attached hydrogens (tertiary/aromatic N) is 3. The number of aryl methyl sites for hydroxylation is 2. The number of aromatic nitrogens is 3. The average Bonchev–Trinajstić information content (AvgIpc) is 2.93. The average molecular weight is 302 g/mol. The topological polar surface area (TPSA) is 42.7 Å². The first-order valence-corrected chi connectivity index (χ1v) is 7.05. The quantitative estimate of drug-likeness (QED) is 0.927. The molecule has 0 radical (unpaired) electrons. The summed E-state index contributed by atoms with van der Waals surface area (Å²) in [5.74, 6) is 1.04. The van der Waals surface area contributed by atoms with Gasteiger partial charge in [0, 0.05) is 25.2 Å². The minimum atomic E-state index is -4.32. The molecule has 2 aromatic heterocycles. The summed E-state index contributed by atoms with van der Waals surface area (Å²) in [5.41, 5.74) is 0.967. The number of thiazole rings is 1. The van der Waals surface area contributed by atoms with Crippen LogP contribution in [0, 0.1) is 6.92 Å². The van der Waals surface area contributed by atoms with Gasteiger partial charge in [-0.2, -0.15) is 13.2 Å². The molecule has 108 valence electrons. The van der Waals surface area contributed by atoms with Crippen LogP contribution in [0.25, 0.3) is 0 Å². The fourth-order valence-corrected chi connectivity index (χ4v) is 3.11. The van der Waals surface area contributed by atoms with Crippen molar-refractivity contribution in [3.05, 3.63) is 28.8 Å². The first-order valence-electron chi connectivity index (χ1n) is 6.24. The second-order valence-electron chi connectivity index (χ2n) is 4.86. The zero-order valence-electron chi connectivity index (χ0n) is 10.7. The van der Waals surface area contributed by atoms with Gasteiger partial charge in [0.25, 0.3) is 0 Å². The van der Waals surface area contributed by atoms with Crippen LogP contribution in [-0.2, 0) is 19.1 Å². The molecule has 1 aliphatic rings. The van der Waals surface area contributed by atoms with Gasteiger partial charge < -0.3 is 9.88 Å². The molecule has 0 amide bonds. The van der Waals surface area contributed by atoms with Gasteiger partial charge in [-0.25, -0.2) is 9.97 Å². The minimum absolute atomic E-state index is 0.0864. The van der Waals surface area contributed by atoms with E-state index in [1.165, 1.54) is 0 Å². The maximum absolute atomic E-state index is 12.5. The molecule has 0 aromatic carbocycles. The molecule has 0 saturated heterocycles. The Kier molecular flexibility index (Phi) is 3.19. The molecule has 3 rings (SSSR count). The van der Waals surface area contributed by atoms with Crippen LogP contribution in [-0.4, -0.2) is 20.6 Å². The highest BCUT2D eigenvalue weighted by Gasteiger charge is 2.33. The molecule has 8 heteroatoms. The molecule has 2 aromatic rings. The maximum Gasteiger partial charge on any atom is 0.427 e. The molecular formula is C12H13F3N4S. The summed E-state index contributed by atoms with van der Waals surface area (Å²) in [7, 11) is 0. The summed E-state index contributed by atoms with van der Waals surface area (Å²) in [5, 5.41) is 3.40. The van der Waals surface area contributed by atoms with E-state index >= 15 is 0 Å². The van der Waals surface area contributed by atoms with Crippen LogP contribution in [0.3, 0.4) is 0 Å². The van der Waals surface area contributed by atoms with Gasteiger partial charge in [0.1, 0.15) is 10.7 Å². The van der Waals surface area contributed by atoms with E-state index in [1.807, 2.05) is 13.1 Å². The van der Waals surface area contributed by atoms with E-state index in [4.69, 9.17) is 0 Å². The van der Waals surface area contributed by atoms with Gasteiger partial charge in [0.05, 0.1) is 11.9 Å². The van der Waals surface area contributed by atoms with E-state index in [-0.39, 0.29) is 6.04 Å². The van der Waals surface area contributed by atoms with E-state index in [2.05, 4.69) is 19.9 Å². The van der Waals surface area contributed by atoms with Crippen molar-refractivity contribution >= 4 is 16.5 Å². The molecule has 1 aliphatic heterocycles. The Morgan fingerprint density at radius 1 is 1.45 bits per heavy atom. The molecular weight excluding hydrogens is 289 g/mol. The number of nitrogens with one attached hydrogen (secondary N) is 1. The van der Waals surface area contributed by atoms with Gasteiger partial charge in [-0.3, -0.25) is 0 Å². The molecule has 0 spiro atoms. The van der Waals surface area contributed by atoms with Crippen molar-refractivity contribution in [2.75, 3.05) is 5.32 Å². The largest absolute Gasteiger partial charge is 0.427 e. The lowest BCUT2D eigenvalue weighted by atomic mass is 10.1. The summed E-state index contributed by atoms with van der Waals surface area (Å²) in [6, 6.07) is 0.0864. The SMILES string of the molecule is Cc1cn2c(n1)CCC(Nc1ncc(C(F)(F)F)s1)C2. The summed E-state index contributed by atoms with van der Waals surface area (Å²) in [6.45, 7) is 2.64. The monoisotopic (exact) mass is 302 g/mol. The predicted molar refractivity (Wildman–Crippen MR) is 69.8 cm³/mol. The third-order valence-electron chi connectivity index (χ3n) is 3.23. The van der Waals surface area contributed by atoms with Crippen LogP contribution < -0.4 is 5.32 Å². The van der Waals surface area contributed by atoms with Crippen molar-refractivity contribution in [3.63, 3.8) is 0 Å². The van der Waals surface area contributed by atoms with Crippen LogP contribution in [0.2, 0.25) is 0 Å². The number of alkyl halides is 3. The molecule has 0 fully saturated rings. The van der Waals surface area contributed by atoms with Crippen LogP contribution in [0.15, 0.2) is 12.4 Å². The highest BCUT2D eigenvalue weighted by Crippen LogP contribution is 2.35. The fourth-order valence-electron chi connectivity index (χ4n) is 2.35. The lowest BCUT2D eigenvalue weighted by molar-refractivity contribution is -0.134. The van der Waals surface area contributed by atoms with Gasteiger partial charge in [0.2, 0.25) is 0 Å². The number of hydrogen-bond acceptors (Lipinski definition) is 4. The van der Waals surface area contributed by atoms with Crippen LogP contribution in [0.1, 0.15) is 22.8 Å². The minimum Gasteiger partial charge on any atom is -0.357 e. The zero-order valence-corrected chi connectivity index (χ0v) is 11.6. The van der Waals surface area contributed by atoms with Crippen molar-refractivity contribution in [3.8, 4) is 0 Å². The van der Waals surface area contributed by atoms with Gasteiger partial charge in [-0.15, -0.1) is 0 Å². The summed E-state index contributed by atoms with van der Waals surface area (Å²) in [4.78, 5) is 7.53. The molecule has 3 heterocycles. The van der Waals surface area contributed by atoms with Gasteiger partial charge in [0.15, 0.2) is 5.13 Å². The Morgan fingerprint density at radius 2 is 2.25 bits per heavy atom. The molecule has 1 N–H and O–H groups in total. The van der Waals surface area contributed by atoms with Crippen molar-refractivity contribution in [1.82, 2.24) is 14.5 Å². The number of hydrogen-bond donors (Lipinski definition) is 1. The van der Waals surface area contributed by atoms with Crippen LogP contribution in [0.4, 0.5) is 18.3 Å². The maximum atomic E-state index is 12.5. The lowest BCUT2D eigenvalue weighted by Gasteiger charge is -2.24. The highest BCUT2D eigenvalue weighted by atomic mass is 32.1. The molecule has 1 atom stereocenters. The molecule has 4 nitrogen and oxygen atoms in total. The van der Waals surface area contributed by atoms with E-state index in [9.17, 15) is 13.2 Å². The first kappa shape index (κ1) is 13.4. The third-order valence-corrected chi connectivity index (χ3v) is 4.20. The Labute approximate surface area is 117 Å². The second-order valence-corrected chi connectivity index (χ2v) is 5.89. The van der Waals surface area contributed by atoms with E-state index in [0.29, 0.717) is 23.0 Å². The van der Waals surface area contributed by atoms with Crippen molar-refractivity contribution in [2.24, 2.45) is 0 Å². The Morgan fingerprint density at radius 3 is 2.95 bits per heavy atom. The Bertz CT molecular complexity index is 616. The molecule has 0 saturated carbocycles. The Balaban J connectivity index is 1.69. The third kappa shape index (κ3) is 2.65. The molecule has 20 heavy (non-hydrogen) atoms. The summed E-state index contributed by atoms with van der Waals surface area (Å²) < 4.78 is 39.6. The summed E-state index contributed by atoms with van der Waals surface area (Å²) in [6.07, 6.45) is 0.188. The number of halogens is 3. The molecule has 0 aliphatic carbocycles. The Hall–Kier alpha value is -1.57. The molecule has 0 bridgehead atoms. The van der Waals surface area contributed by atoms with Gasteiger partial charge >= 0.3 is 6.18 Å². The standard InChI is InChI=1S/C12H13F3N4S/c1-7-5-19-6-8(2-3-10(19)17-7)18-11-16-4-9(20-11)12(13,14)15/h4-5,8H,2-3,6H2,1H3,(H,16,18). The lowest BCUT2D eigenvalue weighted by Crippen LogP contribution is -2.31. The zero-order chi connectivity index (χ0) is 14.3. The van der Waals surface area contributed by atoms with Gasteiger partial charge in [-0.05, 0) is 13.3 Å². The number of anilines is 1. The van der Waals surface area contributed by atoms with E-state index in [0.717, 1.165) is 30.6 Å². The van der Waals surface area contributed by atoms with Crippen molar-refractivity contribution in [2.45, 2.75) is 38.5 Å². The van der Waals surface area contributed by atoms with Gasteiger partial charge in [-0.1, -0.05) is 11.3 Å². The van der Waals surface area contributed by atoms with E-state index < -0.39 is 11.1 Å². The molecule has 1 unspecified atom stereocenters. The number of rotatable bonds is 2. The highest BCUT2D eigenvalue weighted by molar-refractivity contribution is 7.15. The van der Waals surface area contributed by atoms with Crippen LogP contribution >= 0.6 is 11.3 Å². The fraction of sp³-hybridized carbons (Fsp3) is 0.500. The predicted octanol–water partition coefficient (Wildman–Crippen LogP) is 3.09. The first-order chi connectivity index (χ1) is 9.41. The van der Waals surface area contributed by atoms with Crippen molar-refractivity contribution < 1.29 is 13.2 Å². The van der Waals surface area contributed by atoms with Crippen molar-refractivity contribution in [1.29, 1.82) is 0 Å². The number of fused-ring (bicyclic) bond motifs is 1. The second kappa shape index (κ2) is 4.76. The number of imidazole rings is 1. The summed E-state index contributed by atoms with van der Waals surface area (Å²) >= 11 is 0.648. The van der Waals surface area contributed by atoms with E-state index in [1.54, 1.807) is 0 Å². The smallest absolute Gasteiger partial charge is 0.357 e. The normalized spacial score (nSPS) is 18.9.